The largest absolute Gasteiger partial charge is 0.493 e. The number of rotatable bonds is 3. The third-order valence-electron chi connectivity index (χ3n) is 4.66. The van der Waals surface area contributed by atoms with Gasteiger partial charge >= 0.3 is 0 Å². The molecule has 8 heteroatoms. The Morgan fingerprint density at radius 2 is 2.04 bits per heavy atom. The standard InChI is InChI=1S/C17H19N3O5/c1-8-13-9(6-12(21)18-17(13)20(2)19-8)10-5-11(22-3)15-16(14(10)23-4)25-7-24-15/h5,9H,6-7H2,1-4H3,(H,18,21)/t9-/m1/s1. The van der Waals surface area contributed by atoms with Crippen molar-refractivity contribution >= 4 is 11.7 Å². The van der Waals surface area contributed by atoms with E-state index >= 15 is 0 Å². The minimum Gasteiger partial charge on any atom is -0.493 e. The summed E-state index contributed by atoms with van der Waals surface area (Å²) in [5, 5.41) is 7.35. The summed E-state index contributed by atoms with van der Waals surface area (Å²) in [7, 11) is 4.96. The van der Waals surface area contributed by atoms with Crippen LogP contribution in [0.15, 0.2) is 6.07 Å². The number of benzene rings is 1. The molecule has 2 aliphatic rings. The first-order valence-corrected chi connectivity index (χ1v) is 7.93. The van der Waals surface area contributed by atoms with Crippen molar-refractivity contribution in [3.8, 4) is 23.0 Å². The van der Waals surface area contributed by atoms with Crippen molar-refractivity contribution in [2.24, 2.45) is 7.05 Å². The second-order valence-electron chi connectivity index (χ2n) is 6.04. The molecular formula is C17H19N3O5. The van der Waals surface area contributed by atoms with Crippen LogP contribution in [0.4, 0.5) is 5.82 Å². The fourth-order valence-electron chi connectivity index (χ4n) is 3.63. The first-order valence-electron chi connectivity index (χ1n) is 7.93. The van der Waals surface area contributed by atoms with Crippen LogP contribution in [0.25, 0.3) is 0 Å². The Morgan fingerprint density at radius 3 is 2.76 bits per heavy atom. The number of ether oxygens (including phenoxy) is 4. The van der Waals surface area contributed by atoms with E-state index in [9.17, 15) is 4.79 Å². The van der Waals surface area contributed by atoms with Gasteiger partial charge in [-0.1, -0.05) is 0 Å². The number of nitrogens with one attached hydrogen (secondary N) is 1. The molecule has 1 aromatic carbocycles. The number of anilines is 1. The summed E-state index contributed by atoms with van der Waals surface area (Å²) in [5.41, 5.74) is 2.65. The number of fused-ring (bicyclic) bond motifs is 2. The SMILES string of the molecule is COc1cc([C@H]2CC(=O)Nc3c2c(C)nn3C)c(OC)c2c1OCO2. The lowest BCUT2D eigenvalue weighted by molar-refractivity contribution is -0.116. The van der Waals surface area contributed by atoms with Gasteiger partial charge in [-0.05, 0) is 13.0 Å². The Kier molecular flexibility index (Phi) is 3.48. The van der Waals surface area contributed by atoms with Gasteiger partial charge in [0.15, 0.2) is 11.5 Å². The van der Waals surface area contributed by atoms with E-state index in [1.54, 1.807) is 18.9 Å². The van der Waals surface area contributed by atoms with Crippen molar-refractivity contribution in [1.82, 2.24) is 9.78 Å². The molecule has 3 heterocycles. The minimum atomic E-state index is -0.212. The van der Waals surface area contributed by atoms with E-state index in [4.69, 9.17) is 18.9 Å². The molecule has 0 saturated heterocycles. The topological polar surface area (TPSA) is 83.8 Å². The molecule has 0 fully saturated rings. The van der Waals surface area contributed by atoms with Crippen LogP contribution in [-0.2, 0) is 11.8 Å². The molecule has 2 aromatic rings. The zero-order valence-electron chi connectivity index (χ0n) is 14.5. The maximum atomic E-state index is 12.3. The molecule has 0 saturated carbocycles. The fraction of sp³-hybridized carbons (Fsp3) is 0.412. The summed E-state index contributed by atoms with van der Waals surface area (Å²) in [6.07, 6.45) is 0.290. The van der Waals surface area contributed by atoms with E-state index in [2.05, 4.69) is 10.4 Å². The highest BCUT2D eigenvalue weighted by Crippen LogP contribution is 2.53. The van der Waals surface area contributed by atoms with Gasteiger partial charge in [-0.25, -0.2) is 0 Å². The number of carbonyl (C=O) groups excluding carboxylic acids is 1. The average Bonchev–Trinajstić information content (AvgIpc) is 3.18. The van der Waals surface area contributed by atoms with Gasteiger partial charge in [0.1, 0.15) is 5.82 Å². The summed E-state index contributed by atoms with van der Waals surface area (Å²) >= 11 is 0. The van der Waals surface area contributed by atoms with Crippen LogP contribution in [0.1, 0.15) is 29.2 Å². The van der Waals surface area contributed by atoms with Crippen LogP contribution in [-0.4, -0.2) is 36.7 Å². The lowest BCUT2D eigenvalue weighted by atomic mass is 9.84. The van der Waals surface area contributed by atoms with Crippen LogP contribution in [0.5, 0.6) is 23.0 Å². The zero-order valence-corrected chi connectivity index (χ0v) is 14.5. The maximum absolute atomic E-state index is 12.3. The molecule has 0 radical (unpaired) electrons. The molecule has 25 heavy (non-hydrogen) atoms. The fourth-order valence-corrected chi connectivity index (χ4v) is 3.63. The van der Waals surface area contributed by atoms with Crippen LogP contribution in [0, 0.1) is 6.92 Å². The number of carbonyl (C=O) groups is 1. The number of methoxy groups -OCH3 is 2. The Hall–Kier alpha value is -2.90. The van der Waals surface area contributed by atoms with Gasteiger partial charge in [0.05, 0.1) is 19.9 Å². The molecule has 132 valence electrons. The van der Waals surface area contributed by atoms with Crippen molar-refractivity contribution in [3.05, 3.63) is 22.9 Å². The van der Waals surface area contributed by atoms with Gasteiger partial charge in [-0.3, -0.25) is 9.48 Å². The Balaban J connectivity index is 1.95. The molecule has 1 atom stereocenters. The van der Waals surface area contributed by atoms with Crippen molar-refractivity contribution in [1.29, 1.82) is 0 Å². The first kappa shape index (κ1) is 15.6. The molecule has 2 aliphatic heterocycles. The number of aryl methyl sites for hydroxylation is 2. The summed E-state index contributed by atoms with van der Waals surface area (Å²) in [6.45, 7) is 2.04. The monoisotopic (exact) mass is 345 g/mol. The van der Waals surface area contributed by atoms with Crippen LogP contribution in [0.3, 0.4) is 0 Å². The molecule has 0 spiro atoms. The summed E-state index contributed by atoms with van der Waals surface area (Å²) in [6, 6.07) is 1.85. The van der Waals surface area contributed by atoms with Gasteiger partial charge in [0, 0.05) is 30.5 Å². The number of amides is 1. The minimum absolute atomic E-state index is 0.0702. The van der Waals surface area contributed by atoms with Crippen molar-refractivity contribution in [3.63, 3.8) is 0 Å². The highest BCUT2D eigenvalue weighted by Gasteiger charge is 2.37. The van der Waals surface area contributed by atoms with Gasteiger partial charge in [-0.2, -0.15) is 5.10 Å². The van der Waals surface area contributed by atoms with Crippen LogP contribution < -0.4 is 24.3 Å². The second kappa shape index (κ2) is 5.58. The normalized spacial score (nSPS) is 17.9. The summed E-state index contributed by atoms with van der Waals surface area (Å²) < 4.78 is 23.9. The molecule has 0 bridgehead atoms. The molecule has 1 aromatic heterocycles. The van der Waals surface area contributed by atoms with Gasteiger partial charge < -0.3 is 24.3 Å². The van der Waals surface area contributed by atoms with Gasteiger partial charge in [0.25, 0.3) is 0 Å². The van der Waals surface area contributed by atoms with E-state index in [-0.39, 0.29) is 18.6 Å². The molecule has 1 amide bonds. The highest BCUT2D eigenvalue weighted by molar-refractivity contribution is 5.95. The smallest absolute Gasteiger partial charge is 0.231 e. The molecule has 0 unspecified atom stereocenters. The van der Waals surface area contributed by atoms with Crippen LogP contribution >= 0.6 is 0 Å². The number of hydrogen-bond acceptors (Lipinski definition) is 6. The van der Waals surface area contributed by atoms with E-state index < -0.39 is 0 Å². The molecule has 4 rings (SSSR count). The van der Waals surface area contributed by atoms with E-state index in [0.29, 0.717) is 35.2 Å². The van der Waals surface area contributed by atoms with Gasteiger partial charge in [-0.15, -0.1) is 0 Å². The molecule has 0 aliphatic carbocycles. The maximum Gasteiger partial charge on any atom is 0.231 e. The highest BCUT2D eigenvalue weighted by atomic mass is 16.7. The Bertz CT molecular complexity index is 874. The summed E-state index contributed by atoms with van der Waals surface area (Å²) in [5.74, 6) is 2.56. The second-order valence-corrected chi connectivity index (χ2v) is 6.04. The van der Waals surface area contributed by atoms with Crippen LogP contribution in [0.2, 0.25) is 0 Å². The lowest BCUT2D eigenvalue weighted by Crippen LogP contribution is -2.25. The van der Waals surface area contributed by atoms with E-state index in [1.807, 2.05) is 20.0 Å². The quantitative estimate of drug-likeness (QED) is 0.915. The van der Waals surface area contributed by atoms with Gasteiger partial charge in [0.2, 0.25) is 24.2 Å². The Labute approximate surface area is 144 Å². The predicted octanol–water partition coefficient (Wildman–Crippen LogP) is 1.95. The number of hydrogen-bond donors (Lipinski definition) is 1. The Morgan fingerprint density at radius 1 is 1.28 bits per heavy atom. The zero-order chi connectivity index (χ0) is 17.7. The van der Waals surface area contributed by atoms with Crippen molar-refractivity contribution < 1.29 is 23.7 Å². The summed E-state index contributed by atoms with van der Waals surface area (Å²) in [4.78, 5) is 12.3. The third-order valence-corrected chi connectivity index (χ3v) is 4.66. The van der Waals surface area contributed by atoms with E-state index in [1.165, 1.54) is 0 Å². The average molecular weight is 345 g/mol. The molecular weight excluding hydrogens is 326 g/mol. The first-order chi connectivity index (χ1) is 12.0. The third kappa shape index (κ3) is 2.20. The number of aromatic nitrogens is 2. The van der Waals surface area contributed by atoms with E-state index in [0.717, 1.165) is 16.8 Å². The van der Waals surface area contributed by atoms with Crippen molar-refractivity contribution in [2.75, 3.05) is 26.3 Å². The lowest BCUT2D eigenvalue weighted by Gasteiger charge is -2.26. The molecule has 8 nitrogen and oxygen atoms in total. The van der Waals surface area contributed by atoms with Crippen molar-refractivity contribution in [2.45, 2.75) is 19.3 Å². The predicted molar refractivity (Wildman–Crippen MR) is 88.7 cm³/mol. The molecule has 1 N–H and O–H groups in total. The number of nitrogens with zero attached hydrogens (tertiary/aromatic N) is 2.